The Morgan fingerprint density at radius 1 is 1.37 bits per heavy atom. The van der Waals surface area contributed by atoms with Gasteiger partial charge in [-0.1, -0.05) is 0 Å². The molecular formula is C11H11BrN2O3S2. The number of ether oxygens (including phenoxy) is 1. The molecule has 0 aliphatic rings. The average Bonchev–Trinajstić information content (AvgIpc) is 2.76. The van der Waals surface area contributed by atoms with Gasteiger partial charge in [-0.3, -0.25) is 4.72 Å². The highest BCUT2D eigenvalue weighted by atomic mass is 79.9. The van der Waals surface area contributed by atoms with Crippen molar-refractivity contribution < 1.29 is 13.2 Å². The van der Waals surface area contributed by atoms with Gasteiger partial charge in [-0.2, -0.15) is 0 Å². The molecule has 2 aromatic rings. The quantitative estimate of drug-likeness (QED) is 0.819. The number of sulfonamides is 1. The van der Waals surface area contributed by atoms with Gasteiger partial charge in [0.25, 0.3) is 10.0 Å². The molecule has 0 bridgehead atoms. The fraction of sp³-hybridized carbons (Fsp3) is 0.0909. The van der Waals surface area contributed by atoms with Crippen LogP contribution in [0.2, 0.25) is 0 Å². The lowest BCUT2D eigenvalue weighted by Crippen LogP contribution is -2.12. The molecule has 3 N–H and O–H groups in total. The molecule has 0 fully saturated rings. The van der Waals surface area contributed by atoms with Crippen molar-refractivity contribution in [1.29, 1.82) is 0 Å². The van der Waals surface area contributed by atoms with E-state index in [1.165, 1.54) is 13.2 Å². The highest BCUT2D eigenvalue weighted by molar-refractivity contribution is 9.10. The van der Waals surface area contributed by atoms with Gasteiger partial charge in [0, 0.05) is 4.47 Å². The predicted octanol–water partition coefficient (Wildman–Crippen LogP) is 2.90. The molecule has 1 aromatic carbocycles. The van der Waals surface area contributed by atoms with Gasteiger partial charge in [0.2, 0.25) is 0 Å². The molecule has 0 aliphatic carbocycles. The highest BCUT2D eigenvalue weighted by Crippen LogP contribution is 2.31. The normalized spacial score (nSPS) is 11.3. The molecule has 0 aliphatic heterocycles. The van der Waals surface area contributed by atoms with Crippen molar-refractivity contribution in [1.82, 2.24) is 0 Å². The largest absolute Gasteiger partial charge is 0.495 e. The van der Waals surface area contributed by atoms with Crippen LogP contribution >= 0.6 is 27.3 Å². The molecule has 5 nitrogen and oxygen atoms in total. The third kappa shape index (κ3) is 3.02. The number of anilines is 2. The van der Waals surface area contributed by atoms with E-state index >= 15 is 0 Å². The van der Waals surface area contributed by atoms with Crippen molar-refractivity contribution in [2.75, 3.05) is 17.6 Å². The Kier molecular flexibility index (Phi) is 4.02. The van der Waals surface area contributed by atoms with Crippen LogP contribution in [0.4, 0.5) is 11.4 Å². The Bertz CT molecular complexity index is 698. The summed E-state index contributed by atoms with van der Waals surface area (Å²) >= 11 is 4.33. The molecule has 1 heterocycles. The number of rotatable bonds is 4. The number of benzene rings is 1. The summed E-state index contributed by atoms with van der Waals surface area (Å²) in [7, 11) is -2.11. The van der Waals surface area contributed by atoms with E-state index in [-0.39, 0.29) is 4.21 Å². The lowest BCUT2D eigenvalue weighted by atomic mass is 10.2. The van der Waals surface area contributed by atoms with E-state index in [1.807, 2.05) is 0 Å². The number of halogens is 1. The van der Waals surface area contributed by atoms with Crippen molar-refractivity contribution >= 4 is 48.7 Å². The highest BCUT2D eigenvalue weighted by Gasteiger charge is 2.19. The minimum absolute atomic E-state index is 0.224. The summed E-state index contributed by atoms with van der Waals surface area (Å²) in [4.78, 5) is 0. The molecule has 0 spiro atoms. The molecule has 8 heteroatoms. The molecule has 0 saturated heterocycles. The standard InChI is InChI=1S/C11H11BrN2O3S2/c1-17-10-3-2-7(6-9(10)13)14-19(15,16)11-8(12)4-5-18-11/h2-6,14H,13H2,1H3. The Hall–Kier alpha value is -1.25. The summed E-state index contributed by atoms with van der Waals surface area (Å²) in [5, 5.41) is 1.70. The van der Waals surface area contributed by atoms with Crippen molar-refractivity contribution in [3.8, 4) is 5.75 Å². The number of thiophene rings is 1. The topological polar surface area (TPSA) is 81.4 Å². The SMILES string of the molecule is COc1ccc(NS(=O)(=O)c2sccc2Br)cc1N. The van der Waals surface area contributed by atoms with Crippen LogP contribution in [-0.2, 0) is 10.0 Å². The molecule has 19 heavy (non-hydrogen) atoms. The van der Waals surface area contributed by atoms with Crippen molar-refractivity contribution in [3.63, 3.8) is 0 Å². The van der Waals surface area contributed by atoms with E-state index in [9.17, 15) is 8.42 Å². The maximum absolute atomic E-state index is 12.1. The Balaban J connectivity index is 2.31. The molecule has 0 radical (unpaired) electrons. The van der Waals surface area contributed by atoms with Crippen LogP contribution in [0.3, 0.4) is 0 Å². The average molecular weight is 363 g/mol. The molecule has 0 atom stereocenters. The zero-order valence-corrected chi connectivity index (χ0v) is 13.1. The smallest absolute Gasteiger partial charge is 0.272 e. The van der Waals surface area contributed by atoms with E-state index in [1.54, 1.807) is 23.6 Å². The lowest BCUT2D eigenvalue weighted by Gasteiger charge is -2.09. The Morgan fingerprint density at radius 3 is 2.63 bits per heavy atom. The third-order valence-electron chi connectivity index (χ3n) is 2.31. The summed E-state index contributed by atoms with van der Waals surface area (Å²) in [6.45, 7) is 0. The Morgan fingerprint density at radius 2 is 2.11 bits per heavy atom. The van der Waals surface area contributed by atoms with Gasteiger partial charge in [0.05, 0.1) is 18.5 Å². The monoisotopic (exact) mass is 362 g/mol. The second-order valence-electron chi connectivity index (χ2n) is 3.62. The molecule has 0 saturated carbocycles. The van der Waals surface area contributed by atoms with Crippen LogP contribution in [0.5, 0.6) is 5.75 Å². The zero-order chi connectivity index (χ0) is 14.0. The van der Waals surface area contributed by atoms with Crippen molar-refractivity contribution in [3.05, 3.63) is 34.1 Å². The van der Waals surface area contributed by atoms with E-state index < -0.39 is 10.0 Å². The van der Waals surface area contributed by atoms with Crippen LogP contribution in [0.1, 0.15) is 0 Å². The number of hydrogen-bond acceptors (Lipinski definition) is 5. The second kappa shape index (κ2) is 5.40. The first-order valence-corrected chi connectivity index (χ1v) is 8.29. The van der Waals surface area contributed by atoms with Gasteiger partial charge in [-0.25, -0.2) is 8.42 Å². The van der Waals surface area contributed by atoms with Gasteiger partial charge in [-0.15, -0.1) is 11.3 Å². The number of nitrogen functional groups attached to an aromatic ring is 1. The first kappa shape index (κ1) is 14.2. The fourth-order valence-electron chi connectivity index (χ4n) is 1.47. The van der Waals surface area contributed by atoms with Crippen LogP contribution in [0.25, 0.3) is 0 Å². The summed E-state index contributed by atoms with van der Waals surface area (Å²) in [6, 6.07) is 6.39. The van der Waals surface area contributed by atoms with Gasteiger partial charge in [0.1, 0.15) is 5.75 Å². The van der Waals surface area contributed by atoms with Gasteiger partial charge >= 0.3 is 0 Å². The summed E-state index contributed by atoms with van der Waals surface area (Å²) < 4.78 is 32.5. The number of methoxy groups -OCH3 is 1. The lowest BCUT2D eigenvalue weighted by molar-refractivity contribution is 0.417. The number of nitrogens with two attached hydrogens (primary N) is 1. The third-order valence-corrected chi connectivity index (χ3v) is 6.36. The maximum atomic E-state index is 12.1. The van der Waals surface area contributed by atoms with Crippen LogP contribution in [0.15, 0.2) is 38.3 Å². The Labute approximate surface area is 123 Å². The summed E-state index contributed by atoms with van der Waals surface area (Å²) in [5.41, 5.74) is 6.49. The van der Waals surface area contributed by atoms with Crippen LogP contribution in [0, 0.1) is 0 Å². The van der Waals surface area contributed by atoms with Crippen LogP contribution < -0.4 is 15.2 Å². The summed E-state index contributed by atoms with van der Waals surface area (Å²) in [5.74, 6) is 0.500. The first-order valence-electron chi connectivity index (χ1n) is 5.13. The molecule has 0 amide bonds. The van der Waals surface area contributed by atoms with E-state index in [4.69, 9.17) is 10.5 Å². The van der Waals surface area contributed by atoms with Crippen molar-refractivity contribution in [2.24, 2.45) is 0 Å². The molecule has 0 unspecified atom stereocenters. The maximum Gasteiger partial charge on any atom is 0.272 e. The second-order valence-corrected chi connectivity index (χ2v) is 7.27. The summed E-state index contributed by atoms with van der Waals surface area (Å²) in [6.07, 6.45) is 0. The molecule has 1 aromatic heterocycles. The van der Waals surface area contributed by atoms with Crippen molar-refractivity contribution in [2.45, 2.75) is 4.21 Å². The zero-order valence-electron chi connectivity index (χ0n) is 9.88. The van der Waals surface area contributed by atoms with E-state index in [0.717, 1.165) is 11.3 Å². The van der Waals surface area contributed by atoms with Crippen LogP contribution in [-0.4, -0.2) is 15.5 Å². The predicted molar refractivity (Wildman–Crippen MR) is 80.2 cm³/mol. The van der Waals surface area contributed by atoms with E-state index in [2.05, 4.69) is 20.7 Å². The molecule has 2 rings (SSSR count). The minimum Gasteiger partial charge on any atom is -0.495 e. The van der Waals surface area contributed by atoms with Gasteiger partial charge in [0.15, 0.2) is 4.21 Å². The van der Waals surface area contributed by atoms with Gasteiger partial charge < -0.3 is 10.5 Å². The van der Waals surface area contributed by atoms with E-state index in [0.29, 0.717) is 21.6 Å². The minimum atomic E-state index is -3.61. The fourth-order valence-corrected chi connectivity index (χ4v) is 4.86. The number of hydrogen-bond donors (Lipinski definition) is 2. The van der Waals surface area contributed by atoms with Gasteiger partial charge in [-0.05, 0) is 45.6 Å². The number of nitrogens with one attached hydrogen (secondary N) is 1. The molecular weight excluding hydrogens is 352 g/mol. The first-order chi connectivity index (χ1) is 8.94. The molecule has 102 valence electrons.